The van der Waals surface area contributed by atoms with Crippen LogP contribution in [0.3, 0.4) is 0 Å². The lowest BCUT2D eigenvalue weighted by Crippen LogP contribution is -2.27. The first kappa shape index (κ1) is 12.2. The predicted molar refractivity (Wildman–Crippen MR) is 79.0 cm³/mol. The maximum absolute atomic E-state index is 5.59. The van der Waals surface area contributed by atoms with Crippen molar-refractivity contribution in [2.75, 3.05) is 5.32 Å². The van der Waals surface area contributed by atoms with Crippen molar-refractivity contribution < 1.29 is 4.42 Å². The van der Waals surface area contributed by atoms with Gasteiger partial charge in [-0.25, -0.2) is 4.68 Å². The Morgan fingerprint density at radius 3 is 2.86 bits per heavy atom. The number of hydrogen-bond donors (Lipinski definition) is 1. The first-order chi connectivity index (χ1) is 10.3. The second-order valence-electron chi connectivity index (χ2n) is 5.40. The van der Waals surface area contributed by atoms with E-state index in [2.05, 4.69) is 46.6 Å². The molecule has 0 bridgehead atoms. The molecule has 2 aromatic heterocycles. The third-order valence-electron chi connectivity index (χ3n) is 3.98. The fraction of sp³-hybridized carbons (Fsp3) is 0.250. The monoisotopic (exact) mass is 280 g/mol. The van der Waals surface area contributed by atoms with Crippen molar-refractivity contribution in [3.8, 4) is 0 Å². The summed E-state index contributed by atoms with van der Waals surface area (Å²) in [4.78, 5) is 4.31. The van der Waals surface area contributed by atoms with Crippen molar-refractivity contribution in [3.05, 3.63) is 65.9 Å². The van der Waals surface area contributed by atoms with E-state index in [0.717, 1.165) is 18.1 Å². The van der Waals surface area contributed by atoms with Gasteiger partial charge in [-0.3, -0.25) is 0 Å². The van der Waals surface area contributed by atoms with Gasteiger partial charge in [0.15, 0.2) is 0 Å². The number of rotatable bonds is 2. The second-order valence-corrected chi connectivity index (χ2v) is 5.40. The van der Waals surface area contributed by atoms with Crippen LogP contribution in [0.25, 0.3) is 0 Å². The summed E-state index contributed by atoms with van der Waals surface area (Å²) >= 11 is 0. The molecule has 1 N–H and O–H groups in total. The van der Waals surface area contributed by atoms with Gasteiger partial charge in [-0.2, -0.15) is 10.1 Å². The smallest absolute Gasteiger partial charge is 0.222 e. The zero-order valence-corrected chi connectivity index (χ0v) is 11.7. The molecule has 0 saturated carbocycles. The molecule has 1 aromatic carbocycles. The quantitative estimate of drug-likeness (QED) is 0.782. The zero-order valence-electron chi connectivity index (χ0n) is 11.7. The van der Waals surface area contributed by atoms with E-state index in [1.807, 2.05) is 16.8 Å². The summed E-state index contributed by atoms with van der Waals surface area (Å²) in [5, 5.41) is 7.77. The Morgan fingerprint density at radius 2 is 2.10 bits per heavy atom. The molecule has 5 nitrogen and oxygen atoms in total. The molecule has 0 fully saturated rings. The molecule has 2 atom stereocenters. The lowest BCUT2D eigenvalue weighted by molar-refractivity contribution is 0.358. The summed E-state index contributed by atoms with van der Waals surface area (Å²) < 4.78 is 7.48. The van der Waals surface area contributed by atoms with Crippen molar-refractivity contribution in [1.82, 2.24) is 14.8 Å². The minimum absolute atomic E-state index is 0.0741. The lowest BCUT2D eigenvalue weighted by atomic mass is 9.96. The molecular formula is C16H16N4O. The van der Waals surface area contributed by atoms with Gasteiger partial charge in [-0.05, 0) is 24.6 Å². The first-order valence-electron chi connectivity index (χ1n) is 7.07. The van der Waals surface area contributed by atoms with Crippen molar-refractivity contribution in [3.63, 3.8) is 0 Å². The largest absolute Gasteiger partial charge is 0.467 e. The molecule has 1 aliphatic rings. The summed E-state index contributed by atoms with van der Waals surface area (Å²) in [5.41, 5.74) is 2.52. The number of benzene rings is 1. The maximum atomic E-state index is 5.59. The fourth-order valence-corrected chi connectivity index (χ4v) is 2.86. The summed E-state index contributed by atoms with van der Waals surface area (Å²) in [6, 6.07) is 12.8. The van der Waals surface area contributed by atoms with Crippen LogP contribution < -0.4 is 5.32 Å². The minimum atomic E-state index is 0.0741. The van der Waals surface area contributed by atoms with E-state index in [1.54, 1.807) is 12.6 Å². The highest BCUT2D eigenvalue weighted by molar-refractivity contribution is 5.37. The Balaban J connectivity index is 1.72. The standard InChI is InChI=1S/C16H16N4O/c1-11-4-6-12(7-5-11)13-9-14(15-3-2-8-21-15)20-16(19-13)17-10-18-20/h2-8,10,13-14H,9H2,1H3,(H,17,18,19)/t13-,14-/m1/s1. The van der Waals surface area contributed by atoms with Crippen LogP contribution in [0.2, 0.25) is 0 Å². The Bertz CT molecular complexity index is 730. The molecule has 0 saturated heterocycles. The number of nitrogens with zero attached hydrogens (tertiary/aromatic N) is 3. The Morgan fingerprint density at radius 1 is 1.24 bits per heavy atom. The molecule has 0 aliphatic carbocycles. The van der Waals surface area contributed by atoms with E-state index < -0.39 is 0 Å². The van der Waals surface area contributed by atoms with Crippen LogP contribution in [-0.2, 0) is 0 Å². The molecule has 3 heterocycles. The molecule has 0 radical (unpaired) electrons. The predicted octanol–water partition coefficient (Wildman–Crippen LogP) is 3.33. The maximum Gasteiger partial charge on any atom is 0.222 e. The lowest BCUT2D eigenvalue weighted by Gasteiger charge is -2.30. The van der Waals surface area contributed by atoms with Crippen LogP contribution in [0, 0.1) is 6.92 Å². The number of fused-ring (bicyclic) bond motifs is 1. The van der Waals surface area contributed by atoms with Gasteiger partial charge in [0, 0.05) is 6.42 Å². The molecule has 0 spiro atoms. The van der Waals surface area contributed by atoms with Gasteiger partial charge in [-0.15, -0.1) is 0 Å². The number of anilines is 1. The van der Waals surface area contributed by atoms with E-state index in [9.17, 15) is 0 Å². The average molecular weight is 280 g/mol. The average Bonchev–Trinajstić information content (AvgIpc) is 3.18. The summed E-state index contributed by atoms with van der Waals surface area (Å²) in [6.45, 7) is 2.10. The number of nitrogens with one attached hydrogen (secondary N) is 1. The Hall–Kier alpha value is -2.56. The van der Waals surface area contributed by atoms with E-state index in [4.69, 9.17) is 4.42 Å². The van der Waals surface area contributed by atoms with E-state index in [1.165, 1.54) is 11.1 Å². The van der Waals surface area contributed by atoms with E-state index in [0.29, 0.717) is 0 Å². The van der Waals surface area contributed by atoms with Crippen molar-refractivity contribution in [2.45, 2.75) is 25.4 Å². The molecule has 0 unspecified atom stereocenters. The molecule has 5 heteroatoms. The third kappa shape index (κ3) is 2.11. The highest BCUT2D eigenvalue weighted by atomic mass is 16.3. The zero-order chi connectivity index (χ0) is 14.2. The molecule has 1 aliphatic heterocycles. The Kier molecular flexibility index (Phi) is 2.77. The van der Waals surface area contributed by atoms with Gasteiger partial charge in [-0.1, -0.05) is 29.8 Å². The summed E-state index contributed by atoms with van der Waals surface area (Å²) in [6.07, 6.45) is 4.16. The fourth-order valence-electron chi connectivity index (χ4n) is 2.86. The van der Waals surface area contributed by atoms with Gasteiger partial charge in [0.2, 0.25) is 5.95 Å². The molecule has 3 aromatic rings. The summed E-state index contributed by atoms with van der Waals surface area (Å²) in [5.74, 6) is 1.70. The van der Waals surface area contributed by atoms with Crippen LogP contribution >= 0.6 is 0 Å². The normalized spacial score (nSPS) is 20.8. The summed E-state index contributed by atoms with van der Waals surface area (Å²) in [7, 11) is 0. The SMILES string of the molecule is Cc1ccc([C@H]2C[C@H](c3ccco3)n3ncnc3N2)cc1. The molecule has 0 amide bonds. The third-order valence-corrected chi connectivity index (χ3v) is 3.98. The molecule has 21 heavy (non-hydrogen) atoms. The van der Waals surface area contributed by atoms with Crippen molar-refractivity contribution >= 4 is 5.95 Å². The van der Waals surface area contributed by atoms with Gasteiger partial charge in [0.25, 0.3) is 0 Å². The first-order valence-corrected chi connectivity index (χ1v) is 7.07. The van der Waals surface area contributed by atoms with Gasteiger partial charge in [0.1, 0.15) is 18.1 Å². The van der Waals surface area contributed by atoms with Gasteiger partial charge in [0.05, 0.1) is 12.3 Å². The van der Waals surface area contributed by atoms with E-state index in [-0.39, 0.29) is 12.1 Å². The van der Waals surface area contributed by atoms with Gasteiger partial charge < -0.3 is 9.73 Å². The topological polar surface area (TPSA) is 55.9 Å². The van der Waals surface area contributed by atoms with E-state index >= 15 is 0 Å². The highest BCUT2D eigenvalue weighted by Crippen LogP contribution is 2.37. The number of aromatic nitrogens is 3. The van der Waals surface area contributed by atoms with Crippen molar-refractivity contribution in [1.29, 1.82) is 0 Å². The highest BCUT2D eigenvalue weighted by Gasteiger charge is 2.31. The van der Waals surface area contributed by atoms with Crippen LogP contribution in [0.1, 0.15) is 35.4 Å². The van der Waals surface area contributed by atoms with Crippen LogP contribution in [0.5, 0.6) is 0 Å². The van der Waals surface area contributed by atoms with Crippen LogP contribution in [0.4, 0.5) is 5.95 Å². The minimum Gasteiger partial charge on any atom is -0.467 e. The molecule has 4 rings (SSSR count). The second kappa shape index (κ2) is 4.77. The van der Waals surface area contributed by atoms with Gasteiger partial charge >= 0.3 is 0 Å². The van der Waals surface area contributed by atoms with Crippen molar-refractivity contribution in [2.24, 2.45) is 0 Å². The molecular weight excluding hydrogens is 264 g/mol. The Labute approximate surface area is 122 Å². The number of furan rings is 1. The number of hydrogen-bond acceptors (Lipinski definition) is 4. The molecule has 106 valence electrons. The van der Waals surface area contributed by atoms with Crippen LogP contribution in [-0.4, -0.2) is 14.8 Å². The number of aryl methyl sites for hydroxylation is 1. The van der Waals surface area contributed by atoms with Crippen LogP contribution in [0.15, 0.2) is 53.4 Å².